The van der Waals surface area contributed by atoms with Crippen molar-refractivity contribution in [1.29, 1.82) is 5.41 Å². The van der Waals surface area contributed by atoms with Gasteiger partial charge in [-0.3, -0.25) is 5.41 Å². The summed E-state index contributed by atoms with van der Waals surface area (Å²) in [5.74, 6) is 2.81. The van der Waals surface area contributed by atoms with Gasteiger partial charge in [-0.15, -0.1) is 0 Å². The van der Waals surface area contributed by atoms with Crippen LogP contribution in [0.2, 0.25) is 0 Å². The minimum absolute atomic E-state index is 0.558. The molecule has 11 heavy (non-hydrogen) atoms. The van der Waals surface area contributed by atoms with Crippen LogP contribution in [0.3, 0.4) is 0 Å². The van der Waals surface area contributed by atoms with Gasteiger partial charge in [-0.25, -0.2) is 4.99 Å². The topological polar surface area (TPSA) is 39.5 Å². The molecule has 3 nitrogen and oxygen atoms in total. The normalized spacial score (nSPS) is 16.4. The van der Waals surface area contributed by atoms with E-state index in [0.29, 0.717) is 5.82 Å². The molecular formula is C8H11N3. The Labute approximate surface area is 66.2 Å². The summed E-state index contributed by atoms with van der Waals surface area (Å²) in [5, 5.41) is 6.88. The molecule has 0 aromatic heterocycles. The van der Waals surface area contributed by atoms with Gasteiger partial charge in [-0.1, -0.05) is 6.92 Å². The summed E-state index contributed by atoms with van der Waals surface area (Å²) in [6.07, 6.45) is 4.71. The van der Waals surface area contributed by atoms with E-state index in [-0.39, 0.29) is 0 Å². The molecule has 1 heterocycles. The van der Waals surface area contributed by atoms with Crippen molar-refractivity contribution < 1.29 is 0 Å². The molecule has 0 fully saturated rings. The van der Waals surface area contributed by atoms with Crippen molar-refractivity contribution in [3.05, 3.63) is 17.6 Å². The lowest BCUT2D eigenvalue weighted by Crippen LogP contribution is -2.14. The van der Waals surface area contributed by atoms with Crippen molar-refractivity contribution in [2.45, 2.75) is 13.3 Å². The molecule has 0 aromatic carbocycles. The predicted molar refractivity (Wildman–Crippen MR) is 45.9 cm³/mol. The Balaban J connectivity index is 2.87. The Bertz CT molecular complexity index is 257. The van der Waals surface area contributed by atoms with Gasteiger partial charge in [0.1, 0.15) is 0 Å². The van der Waals surface area contributed by atoms with Gasteiger partial charge in [0.15, 0.2) is 5.82 Å². The monoisotopic (exact) mass is 149 g/mol. The minimum atomic E-state index is 0.558. The molecule has 58 valence electrons. The van der Waals surface area contributed by atoms with Crippen LogP contribution in [0.4, 0.5) is 0 Å². The van der Waals surface area contributed by atoms with Gasteiger partial charge < -0.3 is 4.90 Å². The van der Waals surface area contributed by atoms with E-state index in [1.54, 1.807) is 11.1 Å². The molecule has 0 spiro atoms. The third kappa shape index (κ3) is 1.57. The van der Waals surface area contributed by atoms with E-state index in [2.05, 4.69) is 17.8 Å². The van der Waals surface area contributed by atoms with Crippen molar-refractivity contribution in [3.63, 3.8) is 0 Å². The van der Waals surface area contributed by atoms with E-state index in [1.165, 1.54) is 5.57 Å². The Morgan fingerprint density at radius 2 is 2.45 bits per heavy atom. The van der Waals surface area contributed by atoms with Crippen LogP contribution in [0, 0.1) is 5.41 Å². The fourth-order valence-corrected chi connectivity index (χ4v) is 0.881. The maximum absolute atomic E-state index is 6.88. The van der Waals surface area contributed by atoms with Crippen molar-refractivity contribution in [2.75, 3.05) is 7.05 Å². The summed E-state index contributed by atoms with van der Waals surface area (Å²) >= 11 is 0. The van der Waals surface area contributed by atoms with Crippen molar-refractivity contribution >= 4 is 12.1 Å². The highest BCUT2D eigenvalue weighted by atomic mass is 15.2. The SMILES string of the molecule is CCC1=CN(C)C(=C=N)N=C1. The number of hydrogen-bond acceptors (Lipinski definition) is 3. The van der Waals surface area contributed by atoms with Crippen LogP contribution >= 0.6 is 0 Å². The lowest BCUT2D eigenvalue weighted by Gasteiger charge is -2.16. The maximum atomic E-state index is 6.88. The second-order valence-electron chi connectivity index (χ2n) is 2.38. The molecule has 1 aliphatic rings. The summed E-state index contributed by atoms with van der Waals surface area (Å²) < 4.78 is 0. The van der Waals surface area contributed by atoms with Gasteiger partial charge in [0.2, 0.25) is 0 Å². The fourth-order valence-electron chi connectivity index (χ4n) is 0.881. The number of aliphatic imine (C=N–C) groups is 1. The predicted octanol–water partition coefficient (Wildman–Crippen LogP) is 1.39. The molecule has 1 aliphatic heterocycles. The average molecular weight is 149 g/mol. The molecule has 0 bridgehead atoms. The van der Waals surface area contributed by atoms with Gasteiger partial charge in [-0.05, 0) is 12.0 Å². The molecule has 0 saturated carbocycles. The molecular weight excluding hydrogens is 138 g/mol. The van der Waals surface area contributed by atoms with E-state index in [4.69, 9.17) is 5.41 Å². The zero-order valence-corrected chi connectivity index (χ0v) is 6.76. The molecule has 1 rings (SSSR count). The maximum Gasteiger partial charge on any atom is 0.195 e. The summed E-state index contributed by atoms with van der Waals surface area (Å²) in [6.45, 7) is 2.07. The first kappa shape index (κ1) is 7.76. The Morgan fingerprint density at radius 3 is 2.91 bits per heavy atom. The highest BCUT2D eigenvalue weighted by Gasteiger charge is 2.04. The van der Waals surface area contributed by atoms with Gasteiger partial charge in [0, 0.05) is 25.3 Å². The average Bonchev–Trinajstić information content (AvgIpc) is 2.04. The molecule has 1 N–H and O–H groups in total. The summed E-state index contributed by atoms with van der Waals surface area (Å²) in [6, 6.07) is 0. The first-order chi connectivity index (χ1) is 5.27. The molecule has 3 heteroatoms. The fraction of sp³-hybridized carbons (Fsp3) is 0.375. The molecule has 0 aromatic rings. The van der Waals surface area contributed by atoms with E-state index < -0.39 is 0 Å². The number of allylic oxidation sites excluding steroid dienone is 1. The highest BCUT2D eigenvalue weighted by Crippen LogP contribution is 2.10. The Morgan fingerprint density at radius 1 is 1.73 bits per heavy atom. The second-order valence-corrected chi connectivity index (χ2v) is 2.38. The molecule has 0 aliphatic carbocycles. The summed E-state index contributed by atoms with van der Waals surface area (Å²) in [7, 11) is 1.86. The smallest absolute Gasteiger partial charge is 0.195 e. The van der Waals surface area contributed by atoms with Gasteiger partial charge in [-0.2, -0.15) is 0 Å². The van der Waals surface area contributed by atoms with E-state index in [0.717, 1.165) is 6.42 Å². The van der Waals surface area contributed by atoms with E-state index >= 15 is 0 Å². The summed E-state index contributed by atoms with van der Waals surface area (Å²) in [5.41, 5.74) is 1.17. The Hall–Kier alpha value is -1.34. The Kier molecular flexibility index (Phi) is 2.24. The van der Waals surface area contributed by atoms with Crippen LogP contribution in [-0.4, -0.2) is 24.0 Å². The third-order valence-corrected chi connectivity index (χ3v) is 1.57. The standard InChI is InChI=1S/C8H11N3/c1-3-7-5-10-8(4-9)11(2)6-7/h5-6,9H,3H2,1-2H3. The van der Waals surface area contributed by atoms with Gasteiger partial charge in [0.25, 0.3) is 0 Å². The van der Waals surface area contributed by atoms with Crippen LogP contribution in [0.25, 0.3) is 0 Å². The molecule has 0 unspecified atom stereocenters. The minimum Gasteiger partial charge on any atom is -0.328 e. The first-order valence-corrected chi connectivity index (χ1v) is 3.55. The quantitative estimate of drug-likeness (QED) is 0.562. The van der Waals surface area contributed by atoms with Crippen LogP contribution in [0.5, 0.6) is 0 Å². The largest absolute Gasteiger partial charge is 0.328 e. The number of nitrogens with zero attached hydrogens (tertiary/aromatic N) is 2. The van der Waals surface area contributed by atoms with Gasteiger partial charge in [0.05, 0.1) is 0 Å². The van der Waals surface area contributed by atoms with Crippen LogP contribution < -0.4 is 0 Å². The molecule has 0 amide bonds. The van der Waals surface area contributed by atoms with Crippen LogP contribution in [0.1, 0.15) is 13.3 Å². The van der Waals surface area contributed by atoms with Crippen molar-refractivity contribution in [3.8, 4) is 0 Å². The first-order valence-electron chi connectivity index (χ1n) is 3.55. The molecule has 0 radical (unpaired) electrons. The number of rotatable bonds is 1. The third-order valence-electron chi connectivity index (χ3n) is 1.57. The van der Waals surface area contributed by atoms with E-state index in [9.17, 15) is 0 Å². The number of hydrogen-bond donors (Lipinski definition) is 1. The lowest BCUT2D eigenvalue weighted by molar-refractivity contribution is 0.560. The molecule has 0 atom stereocenters. The lowest BCUT2D eigenvalue weighted by atomic mass is 10.2. The zero-order chi connectivity index (χ0) is 8.27. The molecule has 0 saturated heterocycles. The summed E-state index contributed by atoms with van der Waals surface area (Å²) in [4.78, 5) is 5.83. The van der Waals surface area contributed by atoms with Crippen LogP contribution in [-0.2, 0) is 0 Å². The second kappa shape index (κ2) is 3.17. The van der Waals surface area contributed by atoms with Crippen molar-refractivity contribution in [2.24, 2.45) is 4.99 Å². The van der Waals surface area contributed by atoms with Crippen LogP contribution in [0.15, 0.2) is 22.6 Å². The highest BCUT2D eigenvalue weighted by molar-refractivity contribution is 5.81. The zero-order valence-electron chi connectivity index (χ0n) is 6.76. The van der Waals surface area contributed by atoms with Crippen molar-refractivity contribution in [1.82, 2.24) is 4.90 Å². The van der Waals surface area contributed by atoms with Gasteiger partial charge >= 0.3 is 0 Å². The van der Waals surface area contributed by atoms with E-state index in [1.807, 2.05) is 13.2 Å². The number of nitrogens with one attached hydrogen (secondary N) is 1.